The molecule has 6 heteroatoms. The molecule has 0 saturated carbocycles. The lowest BCUT2D eigenvalue weighted by Crippen LogP contribution is -1.86. The predicted octanol–water partition coefficient (Wildman–Crippen LogP) is 4.11. The van der Waals surface area contributed by atoms with E-state index in [0.29, 0.717) is 21.9 Å². The number of aromatic nitrogens is 1. The Labute approximate surface area is 106 Å². The highest BCUT2D eigenvalue weighted by molar-refractivity contribution is 6.36. The van der Waals surface area contributed by atoms with E-state index in [4.69, 9.17) is 39.3 Å². The number of halogens is 3. The van der Waals surface area contributed by atoms with E-state index in [-0.39, 0.29) is 16.5 Å². The first-order chi connectivity index (χ1) is 7.63. The summed E-state index contributed by atoms with van der Waals surface area (Å²) in [4.78, 5) is 10.8. The minimum absolute atomic E-state index is 0.0685. The molecular formula is C10H4Cl3NO2. The van der Waals surface area contributed by atoms with Crippen LogP contribution in [0.2, 0.25) is 15.3 Å². The molecule has 0 aliphatic carbocycles. The van der Waals surface area contributed by atoms with Crippen LogP contribution in [0.5, 0.6) is 0 Å². The number of nitrogens with zero attached hydrogens (tertiary/aromatic N) is 1. The quantitative estimate of drug-likeness (QED) is 0.775. The molecule has 2 aromatic rings. The number of aldehydes is 1. The Hall–Kier alpha value is -1.03. The molecule has 3 nitrogen and oxygen atoms in total. The van der Waals surface area contributed by atoms with Gasteiger partial charge in [-0.3, -0.25) is 4.79 Å². The molecule has 0 saturated heterocycles. The number of hydrogen-bond acceptors (Lipinski definition) is 3. The van der Waals surface area contributed by atoms with Gasteiger partial charge in [-0.1, -0.05) is 28.4 Å². The molecule has 0 N–H and O–H groups in total. The van der Waals surface area contributed by atoms with Gasteiger partial charge in [0, 0.05) is 10.6 Å². The van der Waals surface area contributed by atoms with Crippen molar-refractivity contribution in [3.63, 3.8) is 0 Å². The molecule has 1 aromatic carbocycles. The lowest BCUT2D eigenvalue weighted by molar-refractivity contribution is 0.112. The number of carbonyl (C=O) groups is 1. The van der Waals surface area contributed by atoms with Gasteiger partial charge in [-0.15, -0.1) is 0 Å². The van der Waals surface area contributed by atoms with E-state index in [1.54, 1.807) is 18.2 Å². The van der Waals surface area contributed by atoms with Crippen LogP contribution in [0.15, 0.2) is 22.7 Å². The second kappa shape index (κ2) is 4.45. The Bertz CT molecular complexity index is 551. The van der Waals surface area contributed by atoms with Crippen molar-refractivity contribution in [2.45, 2.75) is 0 Å². The summed E-state index contributed by atoms with van der Waals surface area (Å²) in [7, 11) is 0. The Kier molecular flexibility index (Phi) is 3.19. The third-order valence-electron chi connectivity index (χ3n) is 1.99. The van der Waals surface area contributed by atoms with Gasteiger partial charge in [-0.2, -0.15) is 0 Å². The summed E-state index contributed by atoms with van der Waals surface area (Å²) in [5.74, 6) is 0. The van der Waals surface area contributed by atoms with E-state index < -0.39 is 0 Å². The zero-order valence-corrected chi connectivity index (χ0v) is 9.97. The number of benzene rings is 1. The molecule has 1 heterocycles. The summed E-state index contributed by atoms with van der Waals surface area (Å²) < 4.78 is 4.72. The molecular weight excluding hydrogens is 272 g/mol. The minimum Gasteiger partial charge on any atom is -0.343 e. The zero-order chi connectivity index (χ0) is 11.7. The highest BCUT2D eigenvalue weighted by Crippen LogP contribution is 2.33. The smallest absolute Gasteiger partial charge is 0.237 e. The maximum absolute atomic E-state index is 10.8. The van der Waals surface area contributed by atoms with Crippen LogP contribution in [0.1, 0.15) is 10.4 Å². The highest BCUT2D eigenvalue weighted by Gasteiger charge is 2.17. The van der Waals surface area contributed by atoms with Crippen molar-refractivity contribution >= 4 is 41.1 Å². The van der Waals surface area contributed by atoms with Crippen LogP contribution < -0.4 is 0 Å². The van der Waals surface area contributed by atoms with Gasteiger partial charge in [-0.05, 0) is 29.8 Å². The first-order valence-corrected chi connectivity index (χ1v) is 5.32. The molecule has 16 heavy (non-hydrogen) atoms. The van der Waals surface area contributed by atoms with Crippen molar-refractivity contribution in [3.05, 3.63) is 39.0 Å². The molecule has 0 spiro atoms. The van der Waals surface area contributed by atoms with Crippen LogP contribution in [0.3, 0.4) is 0 Å². The Morgan fingerprint density at radius 3 is 2.69 bits per heavy atom. The highest BCUT2D eigenvalue weighted by atomic mass is 35.5. The number of carbonyl (C=O) groups excluding carboxylic acids is 1. The molecule has 0 aliphatic heterocycles. The van der Waals surface area contributed by atoms with Crippen molar-refractivity contribution in [2.75, 3.05) is 0 Å². The average Bonchev–Trinajstić information content (AvgIpc) is 2.63. The van der Waals surface area contributed by atoms with E-state index >= 15 is 0 Å². The van der Waals surface area contributed by atoms with Crippen LogP contribution in [-0.4, -0.2) is 11.4 Å². The summed E-state index contributed by atoms with van der Waals surface area (Å²) in [6, 6.07) is 4.83. The Morgan fingerprint density at radius 2 is 2.00 bits per heavy atom. The summed E-state index contributed by atoms with van der Waals surface area (Å²) in [6.07, 6.45) is 0.561. The van der Waals surface area contributed by atoms with E-state index in [0.717, 1.165) is 0 Å². The molecule has 2 rings (SSSR count). The molecule has 0 aliphatic rings. The standard InChI is InChI=1S/C10H4Cl3NO2/c11-5-1-2-8(12)6(3-5)9-7(4-15)10(13)16-14-9/h1-4H. The molecule has 1 aromatic heterocycles. The first kappa shape index (κ1) is 11.5. The maximum atomic E-state index is 10.8. The third kappa shape index (κ3) is 1.94. The largest absolute Gasteiger partial charge is 0.343 e. The zero-order valence-electron chi connectivity index (χ0n) is 7.71. The first-order valence-electron chi connectivity index (χ1n) is 4.19. The van der Waals surface area contributed by atoms with Gasteiger partial charge in [0.05, 0.1) is 5.02 Å². The number of hydrogen-bond donors (Lipinski definition) is 0. The fourth-order valence-corrected chi connectivity index (χ4v) is 1.80. The summed E-state index contributed by atoms with van der Waals surface area (Å²) >= 11 is 17.5. The molecule has 0 amide bonds. The lowest BCUT2D eigenvalue weighted by Gasteiger charge is -2.01. The van der Waals surface area contributed by atoms with Crippen LogP contribution in [0.4, 0.5) is 0 Å². The van der Waals surface area contributed by atoms with Crippen molar-refractivity contribution in [3.8, 4) is 11.3 Å². The van der Waals surface area contributed by atoms with Crippen LogP contribution >= 0.6 is 34.8 Å². The maximum Gasteiger partial charge on any atom is 0.237 e. The van der Waals surface area contributed by atoms with Gasteiger partial charge in [-0.25, -0.2) is 0 Å². The summed E-state index contributed by atoms with van der Waals surface area (Å²) in [5, 5.41) is 4.51. The van der Waals surface area contributed by atoms with Gasteiger partial charge < -0.3 is 4.52 Å². The van der Waals surface area contributed by atoms with Crippen LogP contribution in [-0.2, 0) is 0 Å². The average molecular weight is 277 g/mol. The summed E-state index contributed by atoms with van der Waals surface area (Å²) in [5.41, 5.74) is 0.949. The van der Waals surface area contributed by atoms with Crippen molar-refractivity contribution in [1.82, 2.24) is 5.16 Å². The van der Waals surface area contributed by atoms with E-state index in [9.17, 15) is 4.79 Å². The van der Waals surface area contributed by atoms with Gasteiger partial charge in [0.15, 0.2) is 6.29 Å². The molecule has 0 bridgehead atoms. The number of rotatable bonds is 2. The molecule has 0 fully saturated rings. The van der Waals surface area contributed by atoms with Crippen molar-refractivity contribution < 1.29 is 9.32 Å². The van der Waals surface area contributed by atoms with Gasteiger partial charge in [0.1, 0.15) is 11.3 Å². The molecule has 0 atom stereocenters. The van der Waals surface area contributed by atoms with E-state index in [1.807, 2.05) is 0 Å². The predicted molar refractivity (Wildman–Crippen MR) is 62.4 cm³/mol. The van der Waals surface area contributed by atoms with Gasteiger partial charge in [0.25, 0.3) is 0 Å². The molecule has 82 valence electrons. The SMILES string of the molecule is O=Cc1c(-c2cc(Cl)ccc2Cl)noc1Cl. The fourth-order valence-electron chi connectivity index (χ4n) is 1.25. The lowest BCUT2D eigenvalue weighted by atomic mass is 10.1. The van der Waals surface area contributed by atoms with Crippen molar-refractivity contribution in [1.29, 1.82) is 0 Å². The monoisotopic (exact) mass is 275 g/mol. The second-order valence-electron chi connectivity index (χ2n) is 2.96. The molecule has 0 radical (unpaired) electrons. The summed E-state index contributed by atoms with van der Waals surface area (Å²) in [6.45, 7) is 0. The van der Waals surface area contributed by atoms with Crippen LogP contribution in [0.25, 0.3) is 11.3 Å². The van der Waals surface area contributed by atoms with E-state index in [2.05, 4.69) is 5.16 Å². The third-order valence-corrected chi connectivity index (χ3v) is 2.82. The Balaban J connectivity index is 2.66. The van der Waals surface area contributed by atoms with Crippen LogP contribution in [0, 0.1) is 0 Å². The molecule has 0 unspecified atom stereocenters. The normalized spacial score (nSPS) is 10.4. The van der Waals surface area contributed by atoms with Gasteiger partial charge in [0.2, 0.25) is 5.22 Å². The fraction of sp³-hybridized carbons (Fsp3) is 0. The topological polar surface area (TPSA) is 43.1 Å². The minimum atomic E-state index is -0.0685. The van der Waals surface area contributed by atoms with Crippen molar-refractivity contribution in [2.24, 2.45) is 0 Å². The Morgan fingerprint density at radius 1 is 1.25 bits per heavy atom. The van der Waals surface area contributed by atoms with Gasteiger partial charge >= 0.3 is 0 Å². The van der Waals surface area contributed by atoms with E-state index in [1.165, 1.54) is 0 Å². The second-order valence-corrected chi connectivity index (χ2v) is 4.15.